The van der Waals surface area contributed by atoms with E-state index < -0.39 is 5.97 Å². The van der Waals surface area contributed by atoms with Crippen molar-refractivity contribution in [1.29, 1.82) is 0 Å². The van der Waals surface area contributed by atoms with Crippen molar-refractivity contribution in [3.8, 4) is 0 Å². The number of rotatable bonds is 2. The zero-order chi connectivity index (χ0) is 11.5. The van der Waals surface area contributed by atoms with E-state index in [4.69, 9.17) is 17.3 Å². The molecule has 0 bridgehead atoms. The van der Waals surface area contributed by atoms with Gasteiger partial charge in [0.1, 0.15) is 10.5 Å². The molecule has 0 saturated carbocycles. The fraction of sp³-hybridized carbons (Fsp3) is 0. The summed E-state index contributed by atoms with van der Waals surface area (Å²) in [4.78, 5) is 17.4. The minimum Gasteiger partial charge on any atom is -0.478 e. The molecule has 2 N–H and O–H groups in total. The number of carboxylic acid groups (broad SMARTS) is 1. The van der Waals surface area contributed by atoms with Gasteiger partial charge in [0.15, 0.2) is 0 Å². The van der Waals surface area contributed by atoms with Crippen molar-refractivity contribution in [2.24, 2.45) is 0 Å². The number of fused-ring (bicyclic) bond motifs is 1. The number of nitrogens with one attached hydrogen (secondary N) is 1. The summed E-state index contributed by atoms with van der Waals surface area (Å²) in [6.45, 7) is 0. The summed E-state index contributed by atoms with van der Waals surface area (Å²) in [5.41, 5.74) is 0.840. The average molecular weight is 232 g/mol. The van der Waals surface area contributed by atoms with Crippen LogP contribution in [0.2, 0.25) is 0 Å². The highest BCUT2D eigenvalue weighted by Crippen LogP contribution is 2.12. The zero-order valence-corrected chi connectivity index (χ0v) is 8.99. The van der Waals surface area contributed by atoms with Gasteiger partial charge >= 0.3 is 5.97 Å². The number of benzene rings is 1. The Labute approximate surface area is 96.3 Å². The number of aromatic nitrogens is 2. The van der Waals surface area contributed by atoms with Crippen LogP contribution >= 0.6 is 12.2 Å². The van der Waals surface area contributed by atoms with E-state index in [1.54, 1.807) is 0 Å². The third kappa shape index (κ3) is 2.14. The molecule has 0 unspecified atom stereocenters. The molecule has 0 amide bonds. The van der Waals surface area contributed by atoms with Crippen molar-refractivity contribution in [2.45, 2.75) is 0 Å². The predicted octanol–water partition coefficient (Wildman–Crippen LogP) is 2.39. The highest BCUT2D eigenvalue weighted by Gasteiger charge is 1.98. The molecule has 4 nitrogen and oxygen atoms in total. The highest BCUT2D eigenvalue weighted by molar-refractivity contribution is 7.71. The number of carboxylic acids is 1. The van der Waals surface area contributed by atoms with Crippen LogP contribution in [0, 0.1) is 4.64 Å². The summed E-state index contributed by atoms with van der Waals surface area (Å²) < 4.78 is 0.458. The van der Waals surface area contributed by atoms with E-state index in [1.807, 2.05) is 24.3 Å². The van der Waals surface area contributed by atoms with Crippen LogP contribution < -0.4 is 0 Å². The summed E-state index contributed by atoms with van der Waals surface area (Å²) in [5, 5.41) is 9.35. The molecule has 0 aliphatic heterocycles. The van der Waals surface area contributed by atoms with Crippen molar-refractivity contribution in [3.05, 3.63) is 40.8 Å². The molecule has 0 radical (unpaired) electrons. The van der Waals surface area contributed by atoms with Gasteiger partial charge in [0, 0.05) is 17.0 Å². The predicted molar refractivity (Wildman–Crippen MR) is 63.6 cm³/mol. The summed E-state index contributed by atoms with van der Waals surface area (Å²) in [6, 6.07) is 7.48. The van der Waals surface area contributed by atoms with Crippen LogP contribution in [0.1, 0.15) is 5.82 Å². The highest BCUT2D eigenvalue weighted by atomic mass is 32.1. The van der Waals surface area contributed by atoms with Crippen LogP contribution in [0.15, 0.2) is 30.3 Å². The van der Waals surface area contributed by atoms with E-state index in [2.05, 4.69) is 9.97 Å². The van der Waals surface area contributed by atoms with Crippen molar-refractivity contribution in [2.75, 3.05) is 0 Å². The van der Waals surface area contributed by atoms with Gasteiger partial charge in [-0.2, -0.15) is 0 Å². The molecular weight excluding hydrogens is 224 g/mol. The molecular formula is C11H8N2O2S. The number of hydrogen-bond donors (Lipinski definition) is 2. The van der Waals surface area contributed by atoms with Crippen LogP contribution in [-0.4, -0.2) is 21.0 Å². The zero-order valence-electron chi connectivity index (χ0n) is 8.18. The number of aliphatic carboxylic acids is 1. The molecule has 1 heterocycles. The topological polar surface area (TPSA) is 66.0 Å². The molecule has 1 aromatic carbocycles. The van der Waals surface area contributed by atoms with Crippen LogP contribution in [0.5, 0.6) is 0 Å². The quantitative estimate of drug-likeness (QED) is 0.616. The lowest BCUT2D eigenvalue weighted by molar-refractivity contribution is -0.131. The normalized spacial score (nSPS) is 11.0. The van der Waals surface area contributed by atoms with Gasteiger partial charge in [-0.25, -0.2) is 9.78 Å². The molecule has 0 saturated heterocycles. The largest absolute Gasteiger partial charge is 0.478 e. The fourth-order valence-corrected chi connectivity index (χ4v) is 1.62. The van der Waals surface area contributed by atoms with E-state index in [0.717, 1.165) is 17.0 Å². The third-order valence-electron chi connectivity index (χ3n) is 2.03. The van der Waals surface area contributed by atoms with Crippen molar-refractivity contribution in [3.63, 3.8) is 0 Å². The molecule has 0 aliphatic carbocycles. The Balaban J connectivity index is 2.58. The molecule has 1 aromatic heterocycles. The molecule has 0 atom stereocenters. The van der Waals surface area contributed by atoms with E-state index >= 15 is 0 Å². The summed E-state index contributed by atoms with van der Waals surface area (Å²) in [5.74, 6) is -0.583. The Morgan fingerprint density at radius 2 is 2.19 bits per heavy atom. The van der Waals surface area contributed by atoms with E-state index in [0.29, 0.717) is 10.5 Å². The van der Waals surface area contributed by atoms with Gasteiger partial charge in [-0.3, -0.25) is 0 Å². The number of nitrogens with zero attached hydrogens (tertiary/aromatic N) is 1. The van der Waals surface area contributed by atoms with Gasteiger partial charge in [-0.1, -0.05) is 24.4 Å². The Kier molecular flexibility index (Phi) is 2.78. The van der Waals surface area contributed by atoms with Crippen molar-refractivity contribution in [1.82, 2.24) is 9.97 Å². The van der Waals surface area contributed by atoms with Gasteiger partial charge in [0.2, 0.25) is 0 Å². The maximum Gasteiger partial charge on any atom is 0.328 e. The van der Waals surface area contributed by atoms with Crippen molar-refractivity contribution < 1.29 is 9.90 Å². The van der Waals surface area contributed by atoms with Crippen molar-refractivity contribution >= 4 is 35.2 Å². The minimum atomic E-state index is -1.02. The van der Waals surface area contributed by atoms with Crippen LogP contribution in [-0.2, 0) is 4.79 Å². The first-order chi connectivity index (χ1) is 7.66. The monoisotopic (exact) mass is 232 g/mol. The Morgan fingerprint density at radius 1 is 1.44 bits per heavy atom. The molecule has 5 heteroatoms. The van der Waals surface area contributed by atoms with Crippen LogP contribution in [0.3, 0.4) is 0 Å². The first-order valence-corrected chi connectivity index (χ1v) is 4.98. The van der Waals surface area contributed by atoms with Gasteiger partial charge < -0.3 is 10.1 Å². The SMILES string of the molecule is O=C(O)C=Cc1nc(=S)c2ccccc2[nH]1. The minimum absolute atomic E-state index is 0.436. The molecule has 2 aromatic rings. The summed E-state index contributed by atoms with van der Waals surface area (Å²) in [6.07, 6.45) is 2.40. The average Bonchev–Trinajstić information content (AvgIpc) is 2.26. The lowest BCUT2D eigenvalue weighted by Crippen LogP contribution is -1.92. The Hall–Kier alpha value is -2.01. The molecule has 80 valence electrons. The number of hydrogen-bond acceptors (Lipinski definition) is 3. The van der Waals surface area contributed by atoms with Crippen LogP contribution in [0.25, 0.3) is 17.0 Å². The number of para-hydroxylation sites is 1. The first kappa shape index (κ1) is 10.5. The van der Waals surface area contributed by atoms with Gasteiger partial charge in [0.05, 0.1) is 0 Å². The second-order valence-electron chi connectivity index (χ2n) is 3.14. The van der Waals surface area contributed by atoms with E-state index in [1.165, 1.54) is 6.08 Å². The second-order valence-corrected chi connectivity index (χ2v) is 3.53. The Bertz CT molecular complexity index is 631. The number of carbonyl (C=O) groups is 1. The lowest BCUT2D eigenvalue weighted by atomic mass is 10.2. The lowest BCUT2D eigenvalue weighted by Gasteiger charge is -1.99. The molecule has 16 heavy (non-hydrogen) atoms. The molecule has 0 fully saturated rings. The molecule has 2 rings (SSSR count). The summed E-state index contributed by atoms with van der Waals surface area (Å²) in [7, 11) is 0. The van der Waals surface area contributed by atoms with Gasteiger partial charge in [0.25, 0.3) is 0 Å². The number of aromatic amines is 1. The van der Waals surface area contributed by atoms with Gasteiger partial charge in [-0.05, 0) is 18.2 Å². The smallest absolute Gasteiger partial charge is 0.328 e. The molecule has 0 aliphatic rings. The number of H-pyrrole nitrogens is 1. The fourth-order valence-electron chi connectivity index (χ4n) is 1.34. The van der Waals surface area contributed by atoms with Gasteiger partial charge in [-0.15, -0.1) is 0 Å². The first-order valence-electron chi connectivity index (χ1n) is 4.57. The maximum atomic E-state index is 10.4. The Morgan fingerprint density at radius 3 is 2.94 bits per heavy atom. The maximum absolute atomic E-state index is 10.4. The second kappa shape index (κ2) is 4.24. The standard InChI is InChI=1S/C11H8N2O2S/c14-10(15)6-5-9-12-8-4-2-1-3-7(8)11(16)13-9/h1-6H,(H,14,15)(H,12,13,16). The molecule has 0 spiro atoms. The van der Waals surface area contributed by atoms with Crippen LogP contribution in [0.4, 0.5) is 0 Å². The third-order valence-corrected chi connectivity index (χ3v) is 2.34. The summed E-state index contributed by atoms with van der Waals surface area (Å²) >= 11 is 5.11. The van der Waals surface area contributed by atoms with E-state index in [-0.39, 0.29) is 0 Å². The van der Waals surface area contributed by atoms with E-state index in [9.17, 15) is 4.79 Å².